The van der Waals surface area contributed by atoms with Crippen molar-refractivity contribution >= 4 is 5.91 Å². The van der Waals surface area contributed by atoms with Gasteiger partial charge in [-0.15, -0.1) is 0 Å². The summed E-state index contributed by atoms with van der Waals surface area (Å²) in [6.45, 7) is 2.35. The number of hydrogen-bond donors (Lipinski definition) is 2. The van der Waals surface area contributed by atoms with Crippen LogP contribution < -0.4 is 10.5 Å². The van der Waals surface area contributed by atoms with E-state index in [2.05, 4.69) is 9.88 Å². The van der Waals surface area contributed by atoms with Gasteiger partial charge in [0.1, 0.15) is 17.5 Å². The Hall–Kier alpha value is -2.44. The Morgan fingerprint density at radius 3 is 2.68 bits per heavy atom. The number of carbonyl (C=O) groups is 1. The van der Waals surface area contributed by atoms with Crippen molar-refractivity contribution in [3.8, 4) is 5.75 Å². The molecule has 3 rings (SSSR count). The molecule has 0 radical (unpaired) electrons. The molecule has 0 spiro atoms. The average molecular weight is 341 g/mol. The van der Waals surface area contributed by atoms with Gasteiger partial charge in [0, 0.05) is 31.9 Å². The summed E-state index contributed by atoms with van der Waals surface area (Å²) in [4.78, 5) is 17.3. The summed E-state index contributed by atoms with van der Waals surface area (Å²) in [5.41, 5.74) is 6.39. The number of hydrogen-bond acceptors (Lipinski definition) is 5. The lowest BCUT2D eigenvalue weighted by molar-refractivity contribution is 0.0609. The molecular weight excluding hydrogens is 318 g/mol. The van der Waals surface area contributed by atoms with Gasteiger partial charge in [-0.25, -0.2) is 0 Å². The first kappa shape index (κ1) is 17.4. The largest absolute Gasteiger partial charge is 0.490 e. The van der Waals surface area contributed by atoms with Gasteiger partial charge in [-0.05, 0) is 24.5 Å². The van der Waals surface area contributed by atoms with Crippen LogP contribution in [0.5, 0.6) is 5.75 Å². The first-order chi connectivity index (χ1) is 12.1. The number of aromatic nitrogens is 1. The molecule has 2 heterocycles. The number of likely N-dealkylation sites (tertiary alicyclic amines) is 1. The van der Waals surface area contributed by atoms with Gasteiger partial charge in [0.2, 0.25) is 0 Å². The van der Waals surface area contributed by atoms with Gasteiger partial charge in [-0.3, -0.25) is 9.78 Å². The van der Waals surface area contributed by atoms with Crippen molar-refractivity contribution in [1.29, 1.82) is 0 Å². The van der Waals surface area contributed by atoms with Crippen LogP contribution in [-0.4, -0.2) is 46.6 Å². The third-order valence-electron chi connectivity index (χ3n) is 4.44. The number of amides is 1. The Morgan fingerprint density at radius 1 is 1.28 bits per heavy atom. The molecule has 25 heavy (non-hydrogen) atoms. The normalized spacial score (nSPS) is 17.2. The number of β-amino-alcohol motifs (C(OH)–C–C–N with tert-alkyl or cyclic N) is 1. The van der Waals surface area contributed by atoms with Crippen molar-refractivity contribution in [3.63, 3.8) is 0 Å². The van der Waals surface area contributed by atoms with Crippen molar-refractivity contribution in [1.82, 2.24) is 9.88 Å². The molecule has 2 aromatic rings. The molecule has 3 N–H and O–H groups in total. The van der Waals surface area contributed by atoms with Crippen LogP contribution in [0.25, 0.3) is 0 Å². The van der Waals surface area contributed by atoms with Gasteiger partial charge in [0.05, 0.1) is 6.10 Å². The van der Waals surface area contributed by atoms with E-state index in [0.717, 1.165) is 31.5 Å². The summed E-state index contributed by atoms with van der Waals surface area (Å²) >= 11 is 0. The number of pyridine rings is 1. The number of nitrogens with zero attached hydrogens (tertiary/aromatic N) is 2. The highest BCUT2D eigenvalue weighted by atomic mass is 16.5. The molecular formula is C19H23N3O3. The second kappa shape index (κ2) is 8.09. The van der Waals surface area contributed by atoms with Crippen molar-refractivity contribution in [2.75, 3.05) is 19.6 Å². The smallest absolute Gasteiger partial charge is 0.267 e. The fourth-order valence-corrected chi connectivity index (χ4v) is 3.05. The van der Waals surface area contributed by atoms with Gasteiger partial charge in [-0.2, -0.15) is 0 Å². The van der Waals surface area contributed by atoms with Crippen LogP contribution in [0.3, 0.4) is 0 Å². The molecule has 1 unspecified atom stereocenters. The van der Waals surface area contributed by atoms with E-state index < -0.39 is 12.0 Å². The molecule has 1 aromatic carbocycles. The molecule has 1 aliphatic heterocycles. The number of aliphatic hydroxyl groups is 1. The molecule has 132 valence electrons. The number of primary amides is 1. The third kappa shape index (κ3) is 4.78. The highest BCUT2D eigenvalue weighted by molar-refractivity contribution is 5.91. The lowest BCUT2D eigenvalue weighted by atomic mass is 10.0. The standard InChI is InChI=1S/C19H23N3O3/c20-19(24)17-12-16(6-9-21-17)25-15-7-10-22(11-8-15)13-18(23)14-4-2-1-3-5-14/h1-6,9,12,15,18,23H,7-8,10-11,13H2,(H2,20,24). The molecule has 1 aliphatic rings. The van der Waals surface area contributed by atoms with Crippen molar-refractivity contribution in [2.24, 2.45) is 5.73 Å². The summed E-state index contributed by atoms with van der Waals surface area (Å²) in [5, 5.41) is 10.3. The van der Waals surface area contributed by atoms with Gasteiger partial charge in [0.25, 0.3) is 5.91 Å². The maximum Gasteiger partial charge on any atom is 0.267 e. The van der Waals surface area contributed by atoms with Crippen LogP contribution in [0.15, 0.2) is 48.7 Å². The number of carbonyl (C=O) groups excluding carboxylic acids is 1. The van der Waals surface area contributed by atoms with Crippen LogP contribution in [0.1, 0.15) is 35.0 Å². The van der Waals surface area contributed by atoms with Crippen LogP contribution >= 0.6 is 0 Å². The van der Waals surface area contributed by atoms with E-state index in [0.29, 0.717) is 12.3 Å². The van der Waals surface area contributed by atoms with Gasteiger partial charge in [0.15, 0.2) is 0 Å². The fraction of sp³-hybridized carbons (Fsp3) is 0.368. The Kier molecular flexibility index (Phi) is 5.63. The zero-order valence-electron chi connectivity index (χ0n) is 14.0. The third-order valence-corrected chi connectivity index (χ3v) is 4.44. The summed E-state index contributed by atoms with van der Waals surface area (Å²) in [6, 6.07) is 13.0. The second-order valence-corrected chi connectivity index (χ2v) is 6.29. The zero-order valence-corrected chi connectivity index (χ0v) is 14.0. The first-order valence-electron chi connectivity index (χ1n) is 8.49. The lowest BCUT2D eigenvalue weighted by Crippen LogP contribution is -2.40. The number of aliphatic hydroxyl groups excluding tert-OH is 1. The van der Waals surface area contributed by atoms with Crippen LogP contribution in [0, 0.1) is 0 Å². The molecule has 6 nitrogen and oxygen atoms in total. The van der Waals surface area contributed by atoms with Gasteiger partial charge >= 0.3 is 0 Å². The number of nitrogens with two attached hydrogens (primary N) is 1. The van der Waals surface area contributed by atoms with E-state index >= 15 is 0 Å². The van der Waals surface area contributed by atoms with Crippen molar-refractivity contribution in [2.45, 2.75) is 25.0 Å². The SMILES string of the molecule is NC(=O)c1cc(OC2CCN(CC(O)c3ccccc3)CC2)ccn1. The highest BCUT2D eigenvalue weighted by Crippen LogP contribution is 2.21. The van der Waals surface area contributed by atoms with E-state index in [1.54, 1.807) is 12.1 Å². The minimum Gasteiger partial charge on any atom is -0.490 e. The summed E-state index contributed by atoms with van der Waals surface area (Å²) < 4.78 is 5.95. The van der Waals surface area contributed by atoms with E-state index in [1.807, 2.05) is 30.3 Å². The Bertz CT molecular complexity index is 700. The number of rotatable bonds is 6. The predicted molar refractivity (Wildman–Crippen MR) is 94.2 cm³/mol. The molecule has 1 saturated heterocycles. The van der Waals surface area contributed by atoms with Crippen molar-refractivity contribution < 1.29 is 14.6 Å². The molecule has 1 amide bonds. The highest BCUT2D eigenvalue weighted by Gasteiger charge is 2.23. The molecule has 1 aromatic heterocycles. The van der Waals surface area contributed by atoms with Crippen molar-refractivity contribution in [3.05, 3.63) is 59.9 Å². The minimum atomic E-state index is -0.560. The number of ether oxygens (including phenoxy) is 1. The number of piperidine rings is 1. The molecule has 1 fully saturated rings. The van der Waals surface area contributed by atoms with E-state index in [4.69, 9.17) is 10.5 Å². The zero-order chi connectivity index (χ0) is 17.6. The fourth-order valence-electron chi connectivity index (χ4n) is 3.05. The molecule has 6 heteroatoms. The predicted octanol–water partition coefficient (Wildman–Crippen LogP) is 1.76. The van der Waals surface area contributed by atoms with Gasteiger partial charge < -0.3 is 20.5 Å². The number of benzene rings is 1. The monoisotopic (exact) mass is 341 g/mol. The Labute approximate surface area is 147 Å². The lowest BCUT2D eigenvalue weighted by Gasteiger charge is -2.33. The van der Waals surface area contributed by atoms with Gasteiger partial charge in [-0.1, -0.05) is 30.3 Å². The van der Waals surface area contributed by atoms with E-state index in [-0.39, 0.29) is 11.8 Å². The van der Waals surface area contributed by atoms with Crippen LogP contribution in [-0.2, 0) is 0 Å². The Balaban J connectivity index is 1.49. The van der Waals surface area contributed by atoms with Crippen LogP contribution in [0.4, 0.5) is 0 Å². The van der Waals surface area contributed by atoms with E-state index in [1.165, 1.54) is 6.20 Å². The average Bonchev–Trinajstić information content (AvgIpc) is 2.64. The summed E-state index contributed by atoms with van der Waals surface area (Å²) in [7, 11) is 0. The maximum atomic E-state index is 11.2. The molecule has 0 saturated carbocycles. The van der Waals surface area contributed by atoms with E-state index in [9.17, 15) is 9.90 Å². The topological polar surface area (TPSA) is 88.7 Å². The second-order valence-electron chi connectivity index (χ2n) is 6.29. The minimum absolute atomic E-state index is 0.0910. The maximum absolute atomic E-state index is 11.2. The summed E-state index contributed by atoms with van der Waals surface area (Å²) in [6.07, 6.45) is 2.89. The Morgan fingerprint density at radius 2 is 2.00 bits per heavy atom. The molecule has 0 bridgehead atoms. The first-order valence-corrected chi connectivity index (χ1v) is 8.49. The molecule has 0 aliphatic carbocycles. The summed E-state index contributed by atoms with van der Waals surface area (Å²) in [5.74, 6) is 0.0572. The molecule has 1 atom stereocenters. The quantitative estimate of drug-likeness (QED) is 0.836. The van der Waals surface area contributed by atoms with Crippen LogP contribution in [0.2, 0.25) is 0 Å².